The van der Waals surface area contributed by atoms with Crippen LogP contribution in [0.2, 0.25) is 0 Å². The van der Waals surface area contributed by atoms with Crippen LogP contribution in [-0.4, -0.2) is 25.0 Å². The van der Waals surface area contributed by atoms with Crippen LogP contribution in [0.5, 0.6) is 0 Å². The number of benzene rings is 1. The molecule has 1 aliphatic heterocycles. The minimum absolute atomic E-state index is 0.145. The van der Waals surface area contributed by atoms with E-state index in [1.54, 1.807) is 0 Å². The fourth-order valence-electron chi connectivity index (χ4n) is 1.07. The number of nitrogens with one attached hydrogen (secondary N) is 1. The second-order valence-corrected chi connectivity index (χ2v) is 3.66. The SMILES string of the molecule is CCCOC(=O)Cc1ccccc1.O=C1CN1. The van der Waals surface area contributed by atoms with E-state index < -0.39 is 0 Å². The van der Waals surface area contributed by atoms with E-state index in [0.717, 1.165) is 12.0 Å². The van der Waals surface area contributed by atoms with Gasteiger partial charge < -0.3 is 10.1 Å². The van der Waals surface area contributed by atoms with Crippen molar-refractivity contribution in [2.45, 2.75) is 19.8 Å². The van der Waals surface area contributed by atoms with Gasteiger partial charge in [0.25, 0.3) is 0 Å². The number of esters is 1. The van der Waals surface area contributed by atoms with Crippen molar-refractivity contribution in [3.63, 3.8) is 0 Å². The third kappa shape index (κ3) is 7.11. The zero-order chi connectivity index (χ0) is 12.5. The van der Waals surface area contributed by atoms with Crippen LogP contribution in [0.15, 0.2) is 30.3 Å². The molecule has 92 valence electrons. The minimum Gasteiger partial charge on any atom is -0.465 e. The molecule has 0 radical (unpaired) electrons. The van der Waals surface area contributed by atoms with Crippen molar-refractivity contribution in [2.24, 2.45) is 0 Å². The number of carbonyl (C=O) groups excluding carboxylic acids is 2. The predicted octanol–water partition coefficient (Wildman–Crippen LogP) is 1.30. The van der Waals surface area contributed by atoms with Crippen LogP contribution in [0.4, 0.5) is 0 Å². The van der Waals surface area contributed by atoms with E-state index in [9.17, 15) is 9.59 Å². The Labute approximate surface area is 101 Å². The van der Waals surface area contributed by atoms with E-state index in [1.165, 1.54) is 0 Å². The molecule has 1 amide bonds. The van der Waals surface area contributed by atoms with Crippen LogP contribution in [0.1, 0.15) is 18.9 Å². The lowest BCUT2D eigenvalue weighted by Gasteiger charge is -2.02. The Kier molecular flexibility index (Phi) is 5.79. The summed E-state index contributed by atoms with van der Waals surface area (Å²) in [5.41, 5.74) is 1.00. The summed E-state index contributed by atoms with van der Waals surface area (Å²) in [4.78, 5) is 20.6. The zero-order valence-electron chi connectivity index (χ0n) is 9.94. The highest BCUT2D eigenvalue weighted by atomic mass is 16.5. The lowest BCUT2D eigenvalue weighted by molar-refractivity contribution is -0.142. The standard InChI is InChI=1S/C11H14O2.C2H3NO/c1-2-8-13-11(12)9-10-6-4-3-5-7-10;4-2-1-3-2/h3-7H,2,8-9H2,1H3;1H2,(H,3,4). The van der Waals surface area contributed by atoms with Gasteiger partial charge in [-0.1, -0.05) is 37.3 Å². The van der Waals surface area contributed by atoms with Gasteiger partial charge in [-0.3, -0.25) is 9.59 Å². The number of carbonyl (C=O) groups is 2. The molecule has 17 heavy (non-hydrogen) atoms. The van der Waals surface area contributed by atoms with E-state index in [1.807, 2.05) is 37.3 Å². The summed E-state index contributed by atoms with van der Waals surface area (Å²) in [6.45, 7) is 3.10. The minimum atomic E-state index is -0.145. The molecule has 1 fully saturated rings. The molecule has 0 spiro atoms. The van der Waals surface area contributed by atoms with Crippen molar-refractivity contribution in [3.8, 4) is 0 Å². The molecule has 0 saturated carbocycles. The third-order valence-electron chi connectivity index (χ3n) is 1.98. The number of hydrogen-bond acceptors (Lipinski definition) is 3. The first kappa shape index (κ1) is 13.2. The van der Waals surface area contributed by atoms with Crippen molar-refractivity contribution >= 4 is 11.9 Å². The molecule has 0 aromatic heterocycles. The topological polar surface area (TPSA) is 65.3 Å². The van der Waals surface area contributed by atoms with Crippen LogP contribution in [0.3, 0.4) is 0 Å². The summed E-state index contributed by atoms with van der Waals surface area (Å²) in [7, 11) is 0. The fraction of sp³-hybridized carbons (Fsp3) is 0.385. The Morgan fingerprint density at radius 2 is 1.94 bits per heavy atom. The van der Waals surface area contributed by atoms with Crippen molar-refractivity contribution in [1.29, 1.82) is 0 Å². The number of ether oxygens (including phenoxy) is 1. The van der Waals surface area contributed by atoms with Gasteiger partial charge >= 0.3 is 5.97 Å². The predicted molar refractivity (Wildman–Crippen MR) is 64.4 cm³/mol. The number of hydrogen-bond donors (Lipinski definition) is 1. The number of rotatable bonds is 4. The molecule has 1 heterocycles. The largest absolute Gasteiger partial charge is 0.465 e. The van der Waals surface area contributed by atoms with Crippen LogP contribution in [0, 0.1) is 0 Å². The summed E-state index contributed by atoms with van der Waals surface area (Å²) < 4.78 is 4.96. The summed E-state index contributed by atoms with van der Waals surface area (Å²) in [5, 5.41) is 2.46. The Hall–Kier alpha value is -1.84. The van der Waals surface area contributed by atoms with Gasteiger partial charge in [-0.25, -0.2) is 0 Å². The molecular weight excluding hydrogens is 218 g/mol. The summed E-state index contributed by atoms with van der Waals surface area (Å²) in [6, 6.07) is 9.62. The highest BCUT2D eigenvalue weighted by molar-refractivity contribution is 5.91. The van der Waals surface area contributed by atoms with Crippen molar-refractivity contribution in [1.82, 2.24) is 5.32 Å². The molecule has 1 aromatic rings. The average Bonchev–Trinajstić information content (AvgIpc) is 3.11. The zero-order valence-corrected chi connectivity index (χ0v) is 9.94. The lowest BCUT2D eigenvalue weighted by Crippen LogP contribution is -2.08. The summed E-state index contributed by atoms with van der Waals surface area (Å²) in [6.07, 6.45) is 1.25. The smallest absolute Gasteiger partial charge is 0.310 e. The molecular formula is C13H17NO3. The maximum absolute atomic E-state index is 11.1. The molecule has 1 N–H and O–H groups in total. The van der Waals surface area contributed by atoms with Crippen LogP contribution >= 0.6 is 0 Å². The van der Waals surface area contributed by atoms with Gasteiger partial charge in [0, 0.05) is 0 Å². The van der Waals surface area contributed by atoms with Crippen LogP contribution in [0.25, 0.3) is 0 Å². The quantitative estimate of drug-likeness (QED) is 0.632. The van der Waals surface area contributed by atoms with Gasteiger partial charge in [-0.15, -0.1) is 0 Å². The van der Waals surface area contributed by atoms with Crippen LogP contribution < -0.4 is 5.32 Å². The monoisotopic (exact) mass is 235 g/mol. The average molecular weight is 235 g/mol. The number of amides is 1. The first-order valence-electron chi connectivity index (χ1n) is 5.68. The maximum Gasteiger partial charge on any atom is 0.310 e. The van der Waals surface area contributed by atoms with E-state index >= 15 is 0 Å². The van der Waals surface area contributed by atoms with Gasteiger partial charge in [0.2, 0.25) is 5.91 Å². The van der Waals surface area contributed by atoms with Crippen molar-refractivity contribution < 1.29 is 14.3 Å². The first-order valence-corrected chi connectivity index (χ1v) is 5.68. The van der Waals surface area contributed by atoms with Crippen LogP contribution in [-0.2, 0) is 20.7 Å². The third-order valence-corrected chi connectivity index (χ3v) is 1.98. The van der Waals surface area contributed by atoms with Gasteiger partial charge in [-0.05, 0) is 12.0 Å². The molecule has 1 aliphatic rings. The molecule has 4 nitrogen and oxygen atoms in total. The van der Waals surface area contributed by atoms with Gasteiger partial charge in [-0.2, -0.15) is 0 Å². The molecule has 0 bridgehead atoms. The van der Waals surface area contributed by atoms with E-state index in [4.69, 9.17) is 4.74 Å². The van der Waals surface area contributed by atoms with E-state index in [0.29, 0.717) is 19.6 Å². The molecule has 0 atom stereocenters. The summed E-state index contributed by atoms with van der Waals surface area (Å²) >= 11 is 0. The van der Waals surface area contributed by atoms with Gasteiger partial charge in [0.15, 0.2) is 0 Å². The summed E-state index contributed by atoms with van der Waals surface area (Å²) in [5.74, 6) is 0.0213. The molecule has 1 saturated heterocycles. The molecule has 4 heteroatoms. The van der Waals surface area contributed by atoms with E-state index in [2.05, 4.69) is 5.32 Å². The highest BCUT2D eigenvalue weighted by Gasteiger charge is 2.10. The van der Waals surface area contributed by atoms with Gasteiger partial charge in [0.05, 0.1) is 19.6 Å². The van der Waals surface area contributed by atoms with Crippen molar-refractivity contribution in [2.75, 3.05) is 13.2 Å². The first-order chi connectivity index (χ1) is 8.22. The molecule has 0 unspecified atom stereocenters. The second kappa shape index (κ2) is 7.44. The van der Waals surface area contributed by atoms with Crippen molar-refractivity contribution in [3.05, 3.63) is 35.9 Å². The fourth-order valence-corrected chi connectivity index (χ4v) is 1.07. The van der Waals surface area contributed by atoms with Gasteiger partial charge in [0.1, 0.15) is 0 Å². The molecule has 1 aromatic carbocycles. The Morgan fingerprint density at radius 1 is 1.35 bits per heavy atom. The Bertz CT molecular complexity index is 356. The maximum atomic E-state index is 11.1. The Morgan fingerprint density at radius 3 is 2.41 bits per heavy atom. The normalized spacial score (nSPS) is 11.9. The lowest BCUT2D eigenvalue weighted by atomic mass is 10.2. The Balaban J connectivity index is 0.000000302. The van der Waals surface area contributed by atoms with E-state index in [-0.39, 0.29) is 11.9 Å². The molecule has 2 rings (SSSR count). The highest BCUT2D eigenvalue weighted by Crippen LogP contribution is 2.00. The molecule has 0 aliphatic carbocycles. The second-order valence-electron chi connectivity index (χ2n) is 3.66.